The summed E-state index contributed by atoms with van der Waals surface area (Å²) in [7, 11) is 1.83. The Hall–Kier alpha value is -0.610. The molecule has 0 saturated carbocycles. The number of hydrogen-bond acceptors (Lipinski definition) is 4. The Morgan fingerprint density at radius 3 is 2.72 bits per heavy atom. The average Bonchev–Trinajstić information content (AvgIpc) is 2.84. The van der Waals surface area contributed by atoms with Crippen LogP contribution in [0.15, 0.2) is 0 Å². The van der Waals surface area contributed by atoms with Crippen LogP contribution < -0.4 is 5.32 Å². The fraction of sp³-hybridized carbons (Fsp3) is 0.929. The number of likely N-dealkylation sites (N-methyl/N-ethyl adjacent to an activating group) is 1. The molecule has 1 N–H and O–H groups in total. The van der Waals surface area contributed by atoms with Crippen LogP contribution in [0.25, 0.3) is 0 Å². The summed E-state index contributed by atoms with van der Waals surface area (Å²) in [4.78, 5) is 14.4. The molecule has 1 aliphatic rings. The van der Waals surface area contributed by atoms with Crippen molar-refractivity contribution in [3.05, 3.63) is 0 Å². The second-order valence-electron chi connectivity index (χ2n) is 5.42. The van der Waals surface area contributed by atoms with Gasteiger partial charge in [-0.2, -0.15) is 0 Å². The molecule has 0 aromatic rings. The minimum Gasteiger partial charge on any atom is -0.465 e. The molecule has 0 bridgehead atoms. The van der Waals surface area contributed by atoms with Gasteiger partial charge in [-0.25, -0.2) is 0 Å². The Bertz CT molecular complexity index is 271. The van der Waals surface area contributed by atoms with Crippen molar-refractivity contribution in [3.63, 3.8) is 0 Å². The van der Waals surface area contributed by atoms with Crippen LogP contribution in [0.4, 0.5) is 0 Å². The number of nitrogens with one attached hydrogen (secondary N) is 1. The fourth-order valence-corrected chi connectivity index (χ4v) is 2.45. The zero-order chi connectivity index (χ0) is 13.6. The van der Waals surface area contributed by atoms with E-state index < -0.39 is 5.54 Å². The fourth-order valence-electron chi connectivity index (χ4n) is 2.45. The maximum absolute atomic E-state index is 11.9. The molecule has 2 unspecified atom stereocenters. The lowest BCUT2D eigenvalue weighted by Gasteiger charge is -2.29. The van der Waals surface area contributed by atoms with Crippen molar-refractivity contribution in [1.29, 1.82) is 0 Å². The van der Waals surface area contributed by atoms with Crippen molar-refractivity contribution >= 4 is 5.97 Å². The number of likely N-dealkylation sites (tertiary alicyclic amines) is 1. The van der Waals surface area contributed by atoms with E-state index in [0.717, 1.165) is 18.9 Å². The molecular formula is C14H28N2O2. The van der Waals surface area contributed by atoms with Crippen molar-refractivity contribution in [2.75, 3.05) is 33.3 Å². The van der Waals surface area contributed by atoms with Gasteiger partial charge in [0.05, 0.1) is 6.61 Å². The molecule has 1 saturated heterocycles. The van der Waals surface area contributed by atoms with Gasteiger partial charge in [-0.3, -0.25) is 4.79 Å². The maximum atomic E-state index is 11.9. The minimum atomic E-state index is -0.555. The molecule has 0 aliphatic carbocycles. The van der Waals surface area contributed by atoms with Gasteiger partial charge >= 0.3 is 5.97 Å². The van der Waals surface area contributed by atoms with Gasteiger partial charge in [0.2, 0.25) is 0 Å². The average molecular weight is 256 g/mol. The van der Waals surface area contributed by atoms with E-state index in [2.05, 4.69) is 17.1 Å². The largest absolute Gasteiger partial charge is 0.465 e. The number of ether oxygens (including phenoxy) is 1. The molecule has 0 aromatic heterocycles. The van der Waals surface area contributed by atoms with E-state index in [9.17, 15) is 4.79 Å². The lowest BCUT2D eigenvalue weighted by molar-refractivity contribution is -0.150. The number of carbonyl (C=O) groups excluding carboxylic acids is 1. The van der Waals surface area contributed by atoms with E-state index in [-0.39, 0.29) is 5.97 Å². The molecule has 0 amide bonds. The van der Waals surface area contributed by atoms with Crippen LogP contribution in [0.5, 0.6) is 0 Å². The van der Waals surface area contributed by atoms with Crippen LogP contribution in [0.3, 0.4) is 0 Å². The van der Waals surface area contributed by atoms with Gasteiger partial charge in [-0.15, -0.1) is 0 Å². The Morgan fingerprint density at radius 1 is 1.50 bits per heavy atom. The standard InChI is InChI=1S/C14H28N2O2/c1-5-12-7-9-16(11-12)10-8-14(3,15-4)13(17)18-6-2/h12,15H,5-11H2,1-4H3. The SMILES string of the molecule is CCOC(=O)C(C)(CCN1CCC(CC)C1)NC. The quantitative estimate of drug-likeness (QED) is 0.703. The zero-order valence-electron chi connectivity index (χ0n) is 12.3. The molecule has 1 heterocycles. The topological polar surface area (TPSA) is 41.6 Å². The Labute approximate surface area is 111 Å². The Kier molecular flexibility index (Phi) is 6.09. The number of esters is 1. The van der Waals surface area contributed by atoms with Gasteiger partial charge < -0.3 is 15.0 Å². The first kappa shape index (κ1) is 15.4. The molecule has 1 rings (SSSR count). The van der Waals surface area contributed by atoms with Gasteiger partial charge in [-0.05, 0) is 46.2 Å². The molecule has 4 heteroatoms. The van der Waals surface area contributed by atoms with Gasteiger partial charge in [0.1, 0.15) is 5.54 Å². The number of nitrogens with zero attached hydrogens (tertiary/aromatic N) is 1. The normalized spacial score (nSPS) is 23.9. The molecule has 106 valence electrons. The minimum absolute atomic E-state index is 0.140. The molecule has 0 aromatic carbocycles. The Morgan fingerprint density at radius 2 is 2.22 bits per heavy atom. The Balaban J connectivity index is 2.42. The predicted octanol–water partition coefficient (Wildman–Crippen LogP) is 1.65. The first-order valence-corrected chi connectivity index (χ1v) is 7.14. The van der Waals surface area contributed by atoms with Crippen molar-refractivity contribution in [2.45, 2.75) is 45.6 Å². The highest BCUT2D eigenvalue weighted by molar-refractivity contribution is 5.80. The first-order valence-electron chi connectivity index (χ1n) is 7.14. The number of hydrogen-bond donors (Lipinski definition) is 1. The summed E-state index contributed by atoms with van der Waals surface area (Å²) in [5.41, 5.74) is -0.555. The third kappa shape index (κ3) is 3.95. The van der Waals surface area contributed by atoms with E-state index in [1.807, 2.05) is 20.9 Å². The second kappa shape index (κ2) is 7.10. The third-order valence-electron chi connectivity index (χ3n) is 4.15. The van der Waals surface area contributed by atoms with Gasteiger partial charge in [0, 0.05) is 13.1 Å². The highest BCUT2D eigenvalue weighted by Crippen LogP contribution is 2.21. The molecule has 0 radical (unpaired) electrons. The van der Waals surface area contributed by atoms with E-state index >= 15 is 0 Å². The predicted molar refractivity (Wildman–Crippen MR) is 73.6 cm³/mol. The molecule has 18 heavy (non-hydrogen) atoms. The molecule has 2 atom stereocenters. The summed E-state index contributed by atoms with van der Waals surface area (Å²) in [6, 6.07) is 0. The lowest BCUT2D eigenvalue weighted by Crippen LogP contribution is -2.50. The molecule has 1 fully saturated rings. The number of rotatable bonds is 7. The van der Waals surface area contributed by atoms with E-state index in [1.165, 1.54) is 25.9 Å². The van der Waals surface area contributed by atoms with E-state index in [4.69, 9.17) is 4.74 Å². The number of carbonyl (C=O) groups is 1. The molecule has 1 aliphatic heterocycles. The monoisotopic (exact) mass is 256 g/mol. The molecule has 0 spiro atoms. The maximum Gasteiger partial charge on any atom is 0.326 e. The summed E-state index contributed by atoms with van der Waals surface area (Å²) < 4.78 is 5.14. The van der Waals surface area contributed by atoms with Crippen LogP contribution in [0, 0.1) is 5.92 Å². The van der Waals surface area contributed by atoms with Crippen LogP contribution in [0.1, 0.15) is 40.0 Å². The van der Waals surface area contributed by atoms with Crippen molar-refractivity contribution < 1.29 is 9.53 Å². The second-order valence-corrected chi connectivity index (χ2v) is 5.42. The van der Waals surface area contributed by atoms with Crippen LogP contribution in [0.2, 0.25) is 0 Å². The van der Waals surface area contributed by atoms with Gasteiger partial charge in [0.15, 0.2) is 0 Å². The smallest absolute Gasteiger partial charge is 0.326 e. The highest BCUT2D eigenvalue weighted by Gasteiger charge is 2.34. The lowest BCUT2D eigenvalue weighted by atomic mass is 9.98. The van der Waals surface area contributed by atoms with Crippen molar-refractivity contribution in [2.24, 2.45) is 5.92 Å². The van der Waals surface area contributed by atoms with Gasteiger partial charge in [0.25, 0.3) is 0 Å². The van der Waals surface area contributed by atoms with Crippen molar-refractivity contribution in [3.8, 4) is 0 Å². The third-order valence-corrected chi connectivity index (χ3v) is 4.15. The first-order chi connectivity index (χ1) is 8.55. The molecular weight excluding hydrogens is 228 g/mol. The van der Waals surface area contributed by atoms with Crippen LogP contribution >= 0.6 is 0 Å². The van der Waals surface area contributed by atoms with Crippen molar-refractivity contribution in [1.82, 2.24) is 10.2 Å². The van der Waals surface area contributed by atoms with E-state index in [0.29, 0.717) is 6.61 Å². The molecule has 4 nitrogen and oxygen atoms in total. The summed E-state index contributed by atoms with van der Waals surface area (Å²) in [6.45, 7) is 9.79. The zero-order valence-corrected chi connectivity index (χ0v) is 12.3. The van der Waals surface area contributed by atoms with Crippen LogP contribution in [-0.4, -0.2) is 49.7 Å². The summed E-state index contributed by atoms with van der Waals surface area (Å²) in [5, 5.41) is 3.11. The summed E-state index contributed by atoms with van der Waals surface area (Å²) in [5.74, 6) is 0.701. The van der Waals surface area contributed by atoms with E-state index in [1.54, 1.807) is 0 Å². The van der Waals surface area contributed by atoms with Crippen LogP contribution in [-0.2, 0) is 9.53 Å². The van der Waals surface area contributed by atoms with Gasteiger partial charge in [-0.1, -0.05) is 13.3 Å². The summed E-state index contributed by atoms with van der Waals surface area (Å²) >= 11 is 0. The summed E-state index contributed by atoms with van der Waals surface area (Å²) in [6.07, 6.45) is 3.36. The highest BCUT2D eigenvalue weighted by atomic mass is 16.5.